The zero-order valence-electron chi connectivity index (χ0n) is 8.80. The minimum absolute atomic E-state index is 0.0264. The SMILES string of the molecule is Cc1cc(NC(=O)CCOCC(F)F)n[nH]1. The Bertz CT molecular complexity index is 341. The number of ether oxygens (including phenoxy) is 1. The molecule has 1 rings (SSSR count). The number of carbonyl (C=O) groups is 1. The largest absolute Gasteiger partial charge is 0.375 e. The van der Waals surface area contributed by atoms with Crippen molar-refractivity contribution >= 4 is 11.7 Å². The molecule has 0 unspecified atom stereocenters. The lowest BCUT2D eigenvalue weighted by atomic mass is 10.4. The fourth-order valence-electron chi connectivity index (χ4n) is 1.02. The third-order valence-corrected chi connectivity index (χ3v) is 1.69. The molecule has 2 N–H and O–H groups in total. The molecular weight excluding hydrogens is 220 g/mol. The molecule has 16 heavy (non-hydrogen) atoms. The summed E-state index contributed by atoms with van der Waals surface area (Å²) >= 11 is 0. The van der Waals surface area contributed by atoms with Crippen LogP contribution >= 0.6 is 0 Å². The average Bonchev–Trinajstić information content (AvgIpc) is 2.58. The van der Waals surface area contributed by atoms with Crippen LogP contribution in [0.1, 0.15) is 12.1 Å². The third-order valence-electron chi connectivity index (χ3n) is 1.69. The van der Waals surface area contributed by atoms with Crippen molar-refractivity contribution in [1.29, 1.82) is 0 Å². The van der Waals surface area contributed by atoms with Crippen LogP contribution in [0.2, 0.25) is 0 Å². The minimum Gasteiger partial charge on any atom is -0.375 e. The number of rotatable bonds is 6. The first-order valence-electron chi connectivity index (χ1n) is 4.75. The molecule has 0 aliphatic heterocycles. The highest BCUT2D eigenvalue weighted by atomic mass is 19.3. The number of hydrogen-bond donors (Lipinski definition) is 2. The molecule has 1 heterocycles. The van der Waals surface area contributed by atoms with E-state index in [1.165, 1.54) is 0 Å². The van der Waals surface area contributed by atoms with Crippen molar-refractivity contribution in [2.45, 2.75) is 19.8 Å². The number of alkyl halides is 2. The van der Waals surface area contributed by atoms with Gasteiger partial charge in [0, 0.05) is 11.8 Å². The van der Waals surface area contributed by atoms with E-state index in [1.807, 2.05) is 0 Å². The van der Waals surface area contributed by atoms with Gasteiger partial charge in [-0.3, -0.25) is 9.89 Å². The molecule has 0 saturated carbocycles. The summed E-state index contributed by atoms with van der Waals surface area (Å²) in [6, 6.07) is 1.66. The third kappa shape index (κ3) is 4.83. The highest BCUT2D eigenvalue weighted by Crippen LogP contribution is 2.04. The van der Waals surface area contributed by atoms with Crippen molar-refractivity contribution in [1.82, 2.24) is 10.2 Å². The molecule has 0 radical (unpaired) electrons. The molecule has 5 nitrogen and oxygen atoms in total. The van der Waals surface area contributed by atoms with Crippen LogP contribution in [-0.4, -0.2) is 35.7 Å². The van der Waals surface area contributed by atoms with Crippen molar-refractivity contribution in [2.24, 2.45) is 0 Å². The Morgan fingerprint density at radius 3 is 3.00 bits per heavy atom. The predicted molar refractivity (Wildman–Crippen MR) is 53.4 cm³/mol. The van der Waals surface area contributed by atoms with Gasteiger partial charge in [-0.1, -0.05) is 0 Å². The molecule has 1 aromatic heterocycles. The first-order valence-corrected chi connectivity index (χ1v) is 4.75. The van der Waals surface area contributed by atoms with Gasteiger partial charge >= 0.3 is 0 Å². The summed E-state index contributed by atoms with van der Waals surface area (Å²) in [5.41, 5.74) is 0.823. The van der Waals surface area contributed by atoms with Gasteiger partial charge in [-0.2, -0.15) is 5.10 Å². The first-order chi connectivity index (χ1) is 7.58. The normalized spacial score (nSPS) is 10.8. The summed E-state index contributed by atoms with van der Waals surface area (Å²) in [6.45, 7) is 1.13. The van der Waals surface area contributed by atoms with E-state index in [1.54, 1.807) is 13.0 Å². The zero-order chi connectivity index (χ0) is 12.0. The van der Waals surface area contributed by atoms with Gasteiger partial charge in [0.05, 0.1) is 13.0 Å². The fraction of sp³-hybridized carbons (Fsp3) is 0.556. The van der Waals surface area contributed by atoms with Crippen LogP contribution in [-0.2, 0) is 9.53 Å². The molecule has 7 heteroatoms. The number of aryl methyl sites for hydroxylation is 1. The van der Waals surface area contributed by atoms with Crippen molar-refractivity contribution < 1.29 is 18.3 Å². The number of nitrogens with zero attached hydrogens (tertiary/aromatic N) is 1. The van der Waals surface area contributed by atoms with E-state index in [0.717, 1.165) is 5.69 Å². The quantitative estimate of drug-likeness (QED) is 0.728. The van der Waals surface area contributed by atoms with Crippen LogP contribution in [0.5, 0.6) is 0 Å². The van der Waals surface area contributed by atoms with Gasteiger partial charge < -0.3 is 10.1 Å². The topological polar surface area (TPSA) is 67.0 Å². The number of H-pyrrole nitrogens is 1. The van der Waals surface area contributed by atoms with Crippen LogP contribution in [0.4, 0.5) is 14.6 Å². The Labute approximate surface area is 91.2 Å². The smallest absolute Gasteiger partial charge is 0.261 e. The molecular formula is C9H13F2N3O2. The van der Waals surface area contributed by atoms with E-state index in [2.05, 4.69) is 20.3 Å². The van der Waals surface area contributed by atoms with E-state index in [4.69, 9.17) is 0 Å². The predicted octanol–water partition coefficient (Wildman–Crippen LogP) is 1.33. The lowest BCUT2D eigenvalue weighted by molar-refractivity contribution is -0.117. The van der Waals surface area contributed by atoms with E-state index < -0.39 is 13.0 Å². The summed E-state index contributed by atoms with van der Waals surface area (Å²) in [6.07, 6.45) is -2.48. The average molecular weight is 233 g/mol. The highest BCUT2D eigenvalue weighted by Gasteiger charge is 2.06. The zero-order valence-corrected chi connectivity index (χ0v) is 8.80. The van der Waals surface area contributed by atoms with Crippen molar-refractivity contribution in [3.63, 3.8) is 0 Å². The standard InChI is InChI=1S/C9H13F2N3O2/c1-6-4-8(14-13-6)12-9(15)2-3-16-5-7(10)11/h4,7H,2-3,5H2,1H3,(H2,12,13,14,15). The van der Waals surface area contributed by atoms with E-state index in [-0.39, 0.29) is 18.9 Å². The number of anilines is 1. The van der Waals surface area contributed by atoms with Gasteiger partial charge in [-0.05, 0) is 6.92 Å². The van der Waals surface area contributed by atoms with Gasteiger partial charge in [-0.15, -0.1) is 0 Å². The molecule has 0 saturated heterocycles. The highest BCUT2D eigenvalue weighted by molar-refractivity contribution is 5.89. The Morgan fingerprint density at radius 2 is 2.44 bits per heavy atom. The number of amides is 1. The van der Waals surface area contributed by atoms with E-state index >= 15 is 0 Å². The van der Waals surface area contributed by atoms with Gasteiger partial charge in [-0.25, -0.2) is 8.78 Å². The van der Waals surface area contributed by atoms with Gasteiger partial charge in [0.2, 0.25) is 5.91 Å². The maximum atomic E-state index is 11.7. The van der Waals surface area contributed by atoms with Crippen LogP contribution < -0.4 is 5.32 Å². The first kappa shape index (κ1) is 12.6. The lowest BCUT2D eigenvalue weighted by Gasteiger charge is -2.03. The van der Waals surface area contributed by atoms with Crippen LogP contribution in [0.25, 0.3) is 0 Å². The Kier molecular flexibility index (Phi) is 4.84. The maximum Gasteiger partial charge on any atom is 0.261 e. The summed E-state index contributed by atoms with van der Waals surface area (Å²) in [4.78, 5) is 11.2. The molecule has 0 aromatic carbocycles. The molecule has 90 valence electrons. The molecule has 0 aliphatic carbocycles. The van der Waals surface area contributed by atoms with Crippen LogP contribution in [0.15, 0.2) is 6.07 Å². The van der Waals surface area contributed by atoms with Crippen LogP contribution in [0.3, 0.4) is 0 Å². The number of aromatic amines is 1. The van der Waals surface area contributed by atoms with Gasteiger partial charge in [0.25, 0.3) is 6.43 Å². The van der Waals surface area contributed by atoms with Crippen LogP contribution in [0, 0.1) is 6.92 Å². The summed E-state index contributed by atoms with van der Waals surface area (Å²) in [7, 11) is 0. The molecule has 0 bridgehead atoms. The second-order valence-corrected chi connectivity index (χ2v) is 3.20. The van der Waals surface area contributed by atoms with E-state index in [9.17, 15) is 13.6 Å². The summed E-state index contributed by atoms with van der Waals surface area (Å²) in [5, 5.41) is 8.96. The second-order valence-electron chi connectivity index (χ2n) is 3.20. The number of aromatic nitrogens is 2. The summed E-state index contributed by atoms with van der Waals surface area (Å²) in [5.74, 6) is 0.0946. The number of halogens is 2. The molecule has 1 aromatic rings. The Hall–Kier alpha value is -1.50. The Morgan fingerprint density at radius 1 is 1.69 bits per heavy atom. The number of nitrogens with one attached hydrogen (secondary N) is 2. The fourth-order valence-corrected chi connectivity index (χ4v) is 1.02. The van der Waals surface area contributed by atoms with Crippen molar-refractivity contribution in [2.75, 3.05) is 18.5 Å². The molecule has 0 aliphatic rings. The van der Waals surface area contributed by atoms with Crippen molar-refractivity contribution in [3.05, 3.63) is 11.8 Å². The number of carbonyl (C=O) groups excluding carboxylic acids is 1. The molecule has 0 fully saturated rings. The van der Waals surface area contributed by atoms with Gasteiger partial charge in [0.15, 0.2) is 5.82 Å². The number of hydrogen-bond acceptors (Lipinski definition) is 3. The Balaban J connectivity index is 2.16. The monoisotopic (exact) mass is 233 g/mol. The maximum absolute atomic E-state index is 11.7. The minimum atomic E-state index is -2.50. The molecule has 0 spiro atoms. The summed E-state index contributed by atoms with van der Waals surface area (Å²) < 4.78 is 27.9. The van der Waals surface area contributed by atoms with Gasteiger partial charge in [0.1, 0.15) is 6.61 Å². The molecule has 0 atom stereocenters. The van der Waals surface area contributed by atoms with Crippen molar-refractivity contribution in [3.8, 4) is 0 Å². The molecule has 1 amide bonds. The second kappa shape index (κ2) is 6.16. The van der Waals surface area contributed by atoms with E-state index in [0.29, 0.717) is 5.82 Å². The lowest BCUT2D eigenvalue weighted by Crippen LogP contribution is -2.15.